The van der Waals surface area contributed by atoms with Crippen molar-refractivity contribution >= 4 is 27.7 Å². The molecular weight excluding hydrogens is 358 g/mol. The average Bonchev–Trinajstić information content (AvgIpc) is 2.55. The van der Waals surface area contributed by atoms with Gasteiger partial charge in [-0.2, -0.15) is 0 Å². The van der Waals surface area contributed by atoms with E-state index in [4.69, 9.17) is 0 Å². The first-order valence-corrected chi connectivity index (χ1v) is 8.84. The predicted molar refractivity (Wildman–Crippen MR) is 96.0 cm³/mol. The summed E-state index contributed by atoms with van der Waals surface area (Å²) >= 11 is 3.39. The third-order valence-corrected chi connectivity index (χ3v) is 4.10. The van der Waals surface area contributed by atoms with Crippen molar-refractivity contribution in [2.45, 2.75) is 33.2 Å². The summed E-state index contributed by atoms with van der Waals surface area (Å²) in [6.45, 7) is 8.09. The Hall–Kier alpha value is -1.40. The number of likely N-dealkylation sites (N-methyl/N-ethyl adjacent to an activating group) is 1. The van der Waals surface area contributed by atoms with E-state index in [2.05, 4.69) is 45.3 Å². The van der Waals surface area contributed by atoms with Crippen molar-refractivity contribution < 1.29 is 9.59 Å². The van der Waals surface area contributed by atoms with Crippen LogP contribution in [0, 0.1) is 0 Å². The molecule has 1 aromatic carbocycles. The molecule has 0 aromatic heterocycles. The molecule has 0 spiro atoms. The van der Waals surface area contributed by atoms with Crippen molar-refractivity contribution in [3.63, 3.8) is 0 Å². The second-order valence-electron chi connectivity index (χ2n) is 5.28. The molecule has 0 radical (unpaired) electrons. The standard InChI is InChI=1S/C17H26BrN3O2/c1-3-21(4-2)11-10-19-16(22)8-9-17(23)20-13-14-6-5-7-15(18)12-14/h5-7,12H,3-4,8-11,13H2,1-2H3,(H,19,22)(H,20,23). The van der Waals surface area contributed by atoms with Crippen LogP contribution in [-0.2, 0) is 16.1 Å². The van der Waals surface area contributed by atoms with Crippen LogP contribution < -0.4 is 10.6 Å². The van der Waals surface area contributed by atoms with Gasteiger partial charge in [-0.15, -0.1) is 0 Å². The topological polar surface area (TPSA) is 61.4 Å². The summed E-state index contributed by atoms with van der Waals surface area (Å²) in [6, 6.07) is 7.77. The maximum absolute atomic E-state index is 11.8. The summed E-state index contributed by atoms with van der Waals surface area (Å²) in [7, 11) is 0. The molecule has 23 heavy (non-hydrogen) atoms. The van der Waals surface area contributed by atoms with Crippen LogP contribution in [0.15, 0.2) is 28.7 Å². The van der Waals surface area contributed by atoms with E-state index in [-0.39, 0.29) is 24.7 Å². The third kappa shape index (κ3) is 8.71. The first kappa shape index (κ1) is 19.6. The minimum Gasteiger partial charge on any atom is -0.355 e. The van der Waals surface area contributed by atoms with Crippen molar-refractivity contribution in [3.8, 4) is 0 Å². The Balaban J connectivity index is 2.16. The molecule has 0 unspecified atom stereocenters. The van der Waals surface area contributed by atoms with E-state index in [0.717, 1.165) is 29.7 Å². The lowest BCUT2D eigenvalue weighted by molar-refractivity contribution is -0.126. The van der Waals surface area contributed by atoms with Crippen LogP contribution in [-0.4, -0.2) is 42.9 Å². The smallest absolute Gasteiger partial charge is 0.220 e. The normalized spacial score (nSPS) is 10.6. The van der Waals surface area contributed by atoms with Crippen LogP contribution in [0.1, 0.15) is 32.3 Å². The number of rotatable bonds is 10. The fraction of sp³-hybridized carbons (Fsp3) is 0.529. The fourth-order valence-corrected chi connectivity index (χ4v) is 2.59. The average molecular weight is 384 g/mol. The lowest BCUT2D eigenvalue weighted by Gasteiger charge is -2.17. The lowest BCUT2D eigenvalue weighted by Crippen LogP contribution is -2.35. The molecule has 2 amide bonds. The van der Waals surface area contributed by atoms with Crippen molar-refractivity contribution in [2.75, 3.05) is 26.2 Å². The maximum atomic E-state index is 11.8. The summed E-state index contributed by atoms with van der Waals surface area (Å²) in [4.78, 5) is 25.7. The van der Waals surface area contributed by atoms with Gasteiger partial charge in [0.25, 0.3) is 0 Å². The molecule has 0 aliphatic rings. The number of benzene rings is 1. The van der Waals surface area contributed by atoms with Crippen molar-refractivity contribution in [1.29, 1.82) is 0 Å². The number of hydrogen-bond donors (Lipinski definition) is 2. The van der Waals surface area contributed by atoms with E-state index < -0.39 is 0 Å². The van der Waals surface area contributed by atoms with Crippen molar-refractivity contribution in [1.82, 2.24) is 15.5 Å². The molecule has 0 saturated heterocycles. The summed E-state index contributed by atoms with van der Waals surface area (Å²) in [5.41, 5.74) is 1.02. The highest BCUT2D eigenvalue weighted by molar-refractivity contribution is 9.10. The predicted octanol–water partition coefficient (Wildman–Crippen LogP) is 2.30. The SMILES string of the molecule is CCN(CC)CCNC(=O)CCC(=O)NCc1cccc(Br)c1. The second kappa shape index (κ2) is 11.2. The molecule has 128 valence electrons. The molecule has 0 atom stereocenters. The van der Waals surface area contributed by atoms with Gasteiger partial charge in [-0.3, -0.25) is 9.59 Å². The molecule has 0 bridgehead atoms. The molecule has 0 saturated carbocycles. The van der Waals surface area contributed by atoms with Gasteiger partial charge in [0.2, 0.25) is 11.8 Å². The molecular formula is C17H26BrN3O2. The van der Waals surface area contributed by atoms with Gasteiger partial charge in [0.05, 0.1) is 0 Å². The van der Waals surface area contributed by atoms with E-state index in [1.807, 2.05) is 24.3 Å². The maximum Gasteiger partial charge on any atom is 0.220 e. The molecule has 6 heteroatoms. The lowest BCUT2D eigenvalue weighted by atomic mass is 10.2. The highest BCUT2D eigenvalue weighted by Crippen LogP contribution is 2.11. The molecule has 2 N–H and O–H groups in total. The van der Waals surface area contributed by atoms with Crippen molar-refractivity contribution in [2.24, 2.45) is 0 Å². The van der Waals surface area contributed by atoms with E-state index in [0.29, 0.717) is 13.1 Å². The van der Waals surface area contributed by atoms with E-state index in [1.54, 1.807) is 0 Å². The van der Waals surface area contributed by atoms with E-state index >= 15 is 0 Å². The third-order valence-electron chi connectivity index (χ3n) is 3.60. The van der Waals surface area contributed by atoms with E-state index in [9.17, 15) is 9.59 Å². The van der Waals surface area contributed by atoms with Gasteiger partial charge in [0, 0.05) is 36.9 Å². The number of nitrogens with one attached hydrogen (secondary N) is 2. The number of amides is 2. The first-order valence-electron chi connectivity index (χ1n) is 8.05. The van der Waals surface area contributed by atoms with Gasteiger partial charge in [0.15, 0.2) is 0 Å². The summed E-state index contributed by atoms with van der Waals surface area (Å²) in [6.07, 6.45) is 0.438. The highest BCUT2D eigenvalue weighted by Gasteiger charge is 2.07. The zero-order valence-electron chi connectivity index (χ0n) is 13.9. The molecule has 0 aliphatic carbocycles. The first-order chi connectivity index (χ1) is 11.0. The number of carbonyl (C=O) groups excluding carboxylic acids is 2. The molecule has 5 nitrogen and oxygen atoms in total. The Morgan fingerprint density at radius 3 is 2.35 bits per heavy atom. The number of nitrogens with zero attached hydrogens (tertiary/aromatic N) is 1. The minimum absolute atomic E-state index is 0.0743. The number of halogens is 1. The van der Waals surface area contributed by atoms with Gasteiger partial charge in [-0.1, -0.05) is 41.9 Å². The van der Waals surface area contributed by atoms with Crippen LogP contribution in [0.25, 0.3) is 0 Å². The van der Waals surface area contributed by atoms with Crippen LogP contribution in [0.5, 0.6) is 0 Å². The Bertz CT molecular complexity index is 504. The Morgan fingerprint density at radius 2 is 1.74 bits per heavy atom. The molecule has 0 aliphatic heterocycles. The summed E-state index contributed by atoms with van der Waals surface area (Å²) in [5, 5.41) is 5.68. The second-order valence-corrected chi connectivity index (χ2v) is 6.20. The number of carbonyl (C=O) groups is 2. The monoisotopic (exact) mass is 383 g/mol. The Kier molecular flexibility index (Phi) is 9.55. The quantitative estimate of drug-likeness (QED) is 0.651. The largest absolute Gasteiger partial charge is 0.355 e. The van der Waals surface area contributed by atoms with Crippen molar-refractivity contribution in [3.05, 3.63) is 34.3 Å². The molecule has 1 rings (SSSR count). The highest BCUT2D eigenvalue weighted by atomic mass is 79.9. The van der Waals surface area contributed by atoms with Crippen LogP contribution in [0.3, 0.4) is 0 Å². The molecule has 0 fully saturated rings. The van der Waals surface area contributed by atoms with Crippen LogP contribution in [0.2, 0.25) is 0 Å². The van der Waals surface area contributed by atoms with Gasteiger partial charge in [-0.25, -0.2) is 0 Å². The zero-order valence-corrected chi connectivity index (χ0v) is 15.5. The van der Waals surface area contributed by atoms with Gasteiger partial charge >= 0.3 is 0 Å². The number of hydrogen-bond acceptors (Lipinski definition) is 3. The van der Waals surface area contributed by atoms with Gasteiger partial charge in [0.1, 0.15) is 0 Å². The van der Waals surface area contributed by atoms with Crippen LogP contribution in [0.4, 0.5) is 0 Å². The van der Waals surface area contributed by atoms with E-state index in [1.165, 1.54) is 0 Å². The Morgan fingerprint density at radius 1 is 1.09 bits per heavy atom. The Labute approximate surface area is 146 Å². The van der Waals surface area contributed by atoms with Crippen LogP contribution >= 0.6 is 15.9 Å². The fourth-order valence-electron chi connectivity index (χ4n) is 2.14. The zero-order chi connectivity index (χ0) is 17.1. The molecule has 0 heterocycles. The summed E-state index contributed by atoms with van der Waals surface area (Å²) < 4.78 is 0.983. The molecule has 1 aromatic rings. The summed E-state index contributed by atoms with van der Waals surface area (Å²) in [5.74, 6) is -0.182. The van der Waals surface area contributed by atoms with Gasteiger partial charge < -0.3 is 15.5 Å². The minimum atomic E-state index is -0.108. The van der Waals surface area contributed by atoms with Gasteiger partial charge in [-0.05, 0) is 30.8 Å².